The van der Waals surface area contributed by atoms with E-state index in [2.05, 4.69) is 67.5 Å². The van der Waals surface area contributed by atoms with Gasteiger partial charge in [-0.3, -0.25) is 0 Å². The zero-order chi connectivity index (χ0) is 17.7. The number of hydrogen-bond acceptors (Lipinski definition) is 2. The summed E-state index contributed by atoms with van der Waals surface area (Å²) in [6.45, 7) is 4.35. The lowest BCUT2D eigenvalue weighted by molar-refractivity contribution is 0.219. The maximum absolute atomic E-state index is 8.81. The minimum absolute atomic E-state index is 0.258. The first kappa shape index (κ1) is 22.9. The first-order valence-electron chi connectivity index (χ1n) is 9.70. The number of hydrogen-bond donors (Lipinski definition) is 1. The molecule has 0 aliphatic carbocycles. The molecule has 2 heteroatoms. The number of unbranched alkanes of at least 4 members (excludes halogenated alkanes) is 4. The van der Waals surface area contributed by atoms with Gasteiger partial charge < -0.3 is 10.0 Å². The van der Waals surface area contributed by atoms with Gasteiger partial charge in [0.25, 0.3) is 0 Å². The Bertz CT molecular complexity index is 355. The maximum atomic E-state index is 8.81. The van der Waals surface area contributed by atoms with Gasteiger partial charge in [0.05, 0.1) is 6.61 Å². The van der Waals surface area contributed by atoms with Crippen molar-refractivity contribution in [3.63, 3.8) is 0 Å². The van der Waals surface area contributed by atoms with Crippen LogP contribution < -0.4 is 0 Å². The summed E-state index contributed by atoms with van der Waals surface area (Å²) in [6.07, 6.45) is 28.6. The monoisotopic (exact) mass is 333 g/mol. The molecule has 0 unspecified atom stereocenters. The SMILES string of the molecule is CCCC/C=C\C/C=C\C/C=C\C/C=C\CCCCN(C)CCO. The summed E-state index contributed by atoms with van der Waals surface area (Å²) in [5.74, 6) is 0. The predicted octanol–water partition coefficient (Wildman–Crippen LogP) is 5.67. The van der Waals surface area contributed by atoms with Gasteiger partial charge in [0.15, 0.2) is 0 Å². The summed E-state index contributed by atoms with van der Waals surface area (Å²) in [7, 11) is 2.06. The lowest BCUT2D eigenvalue weighted by Crippen LogP contribution is -2.23. The number of nitrogens with zero attached hydrogens (tertiary/aromatic N) is 1. The van der Waals surface area contributed by atoms with Crippen LogP contribution in [-0.2, 0) is 0 Å². The van der Waals surface area contributed by atoms with Gasteiger partial charge in [-0.1, -0.05) is 68.4 Å². The second-order valence-electron chi connectivity index (χ2n) is 6.26. The number of aliphatic hydroxyl groups excluding tert-OH is 1. The quantitative estimate of drug-likeness (QED) is 0.291. The van der Waals surface area contributed by atoms with Gasteiger partial charge in [-0.15, -0.1) is 0 Å². The van der Waals surface area contributed by atoms with Crippen LogP contribution in [0.4, 0.5) is 0 Å². The minimum Gasteiger partial charge on any atom is -0.395 e. The highest BCUT2D eigenvalue weighted by molar-refractivity contribution is 4.99. The van der Waals surface area contributed by atoms with E-state index in [1.807, 2.05) is 0 Å². The fraction of sp³-hybridized carbons (Fsp3) is 0.636. The van der Waals surface area contributed by atoms with E-state index in [0.717, 1.165) is 38.8 Å². The Hall–Kier alpha value is -1.12. The molecule has 0 aliphatic heterocycles. The topological polar surface area (TPSA) is 23.5 Å². The van der Waals surface area contributed by atoms with Gasteiger partial charge in [-0.25, -0.2) is 0 Å². The summed E-state index contributed by atoms with van der Waals surface area (Å²) in [4.78, 5) is 2.18. The molecule has 0 heterocycles. The first-order valence-corrected chi connectivity index (χ1v) is 9.70. The maximum Gasteiger partial charge on any atom is 0.0558 e. The molecule has 0 spiro atoms. The summed E-state index contributed by atoms with van der Waals surface area (Å²) in [5, 5.41) is 8.81. The van der Waals surface area contributed by atoms with Crippen molar-refractivity contribution < 1.29 is 5.11 Å². The van der Waals surface area contributed by atoms with Gasteiger partial charge in [0.1, 0.15) is 0 Å². The Morgan fingerprint density at radius 3 is 1.67 bits per heavy atom. The lowest BCUT2D eigenvalue weighted by atomic mass is 10.2. The van der Waals surface area contributed by atoms with Crippen molar-refractivity contribution in [2.45, 2.75) is 64.7 Å². The second-order valence-corrected chi connectivity index (χ2v) is 6.26. The highest BCUT2D eigenvalue weighted by Gasteiger charge is 1.95. The van der Waals surface area contributed by atoms with E-state index < -0.39 is 0 Å². The molecule has 0 saturated carbocycles. The molecule has 0 aromatic carbocycles. The van der Waals surface area contributed by atoms with Crippen LogP contribution in [0.2, 0.25) is 0 Å². The van der Waals surface area contributed by atoms with Crippen LogP contribution in [0.3, 0.4) is 0 Å². The van der Waals surface area contributed by atoms with Crippen LogP contribution in [0.25, 0.3) is 0 Å². The lowest BCUT2D eigenvalue weighted by Gasteiger charge is -2.13. The van der Waals surface area contributed by atoms with E-state index in [0.29, 0.717) is 0 Å². The highest BCUT2D eigenvalue weighted by atomic mass is 16.3. The second kappa shape index (κ2) is 19.9. The van der Waals surface area contributed by atoms with Crippen LogP contribution in [0.5, 0.6) is 0 Å². The van der Waals surface area contributed by atoms with Crippen LogP contribution in [0.1, 0.15) is 64.7 Å². The van der Waals surface area contributed by atoms with Crippen molar-refractivity contribution in [2.24, 2.45) is 0 Å². The van der Waals surface area contributed by atoms with Crippen LogP contribution in [0, 0.1) is 0 Å². The van der Waals surface area contributed by atoms with Crippen molar-refractivity contribution in [1.29, 1.82) is 0 Å². The van der Waals surface area contributed by atoms with Gasteiger partial charge in [-0.05, 0) is 58.5 Å². The van der Waals surface area contributed by atoms with E-state index in [1.54, 1.807) is 0 Å². The minimum atomic E-state index is 0.258. The molecule has 0 aromatic heterocycles. The van der Waals surface area contributed by atoms with E-state index in [1.165, 1.54) is 32.1 Å². The Morgan fingerprint density at radius 2 is 1.17 bits per heavy atom. The molecular formula is C22H39NO. The molecule has 0 aliphatic rings. The van der Waals surface area contributed by atoms with Crippen LogP contribution in [-0.4, -0.2) is 36.8 Å². The summed E-state index contributed by atoms with van der Waals surface area (Å²) < 4.78 is 0. The third kappa shape index (κ3) is 18.9. The first-order chi connectivity index (χ1) is 11.8. The Labute approximate surface area is 150 Å². The molecule has 0 rings (SSSR count). The molecule has 0 radical (unpaired) electrons. The van der Waals surface area contributed by atoms with Gasteiger partial charge in [0.2, 0.25) is 0 Å². The molecule has 0 amide bonds. The highest BCUT2D eigenvalue weighted by Crippen LogP contribution is 2.00. The molecule has 0 saturated heterocycles. The third-order valence-electron chi connectivity index (χ3n) is 3.85. The predicted molar refractivity (Wildman–Crippen MR) is 108 cm³/mol. The largest absolute Gasteiger partial charge is 0.395 e. The molecule has 24 heavy (non-hydrogen) atoms. The van der Waals surface area contributed by atoms with Crippen molar-refractivity contribution in [3.05, 3.63) is 48.6 Å². The van der Waals surface area contributed by atoms with Gasteiger partial charge >= 0.3 is 0 Å². The summed E-state index contributed by atoms with van der Waals surface area (Å²) in [6, 6.07) is 0. The van der Waals surface area contributed by atoms with Crippen molar-refractivity contribution in [2.75, 3.05) is 26.7 Å². The Balaban J connectivity index is 3.40. The van der Waals surface area contributed by atoms with E-state index in [-0.39, 0.29) is 6.61 Å². The number of aliphatic hydroxyl groups is 1. The number of rotatable bonds is 16. The molecule has 1 N–H and O–H groups in total. The van der Waals surface area contributed by atoms with Crippen molar-refractivity contribution >= 4 is 0 Å². The fourth-order valence-electron chi connectivity index (χ4n) is 2.30. The molecule has 0 aromatic rings. The third-order valence-corrected chi connectivity index (χ3v) is 3.85. The van der Waals surface area contributed by atoms with Crippen LogP contribution in [0.15, 0.2) is 48.6 Å². The zero-order valence-electron chi connectivity index (χ0n) is 16.0. The average molecular weight is 334 g/mol. The van der Waals surface area contributed by atoms with E-state index in [9.17, 15) is 0 Å². The van der Waals surface area contributed by atoms with Crippen LogP contribution >= 0.6 is 0 Å². The van der Waals surface area contributed by atoms with Gasteiger partial charge in [0, 0.05) is 6.54 Å². The molecule has 0 bridgehead atoms. The van der Waals surface area contributed by atoms with E-state index >= 15 is 0 Å². The van der Waals surface area contributed by atoms with E-state index in [4.69, 9.17) is 5.11 Å². The Morgan fingerprint density at radius 1 is 0.667 bits per heavy atom. The number of likely N-dealkylation sites (N-methyl/N-ethyl adjacent to an activating group) is 1. The summed E-state index contributed by atoms with van der Waals surface area (Å²) >= 11 is 0. The number of allylic oxidation sites excluding steroid dienone is 8. The zero-order valence-corrected chi connectivity index (χ0v) is 16.0. The Kier molecular flexibility index (Phi) is 19.0. The fourth-order valence-corrected chi connectivity index (χ4v) is 2.30. The normalized spacial score (nSPS) is 12.8. The molecular weight excluding hydrogens is 294 g/mol. The standard InChI is InChI=1S/C22H39NO/c1-3-4-5-6-7-8-9-10-11-12-13-14-15-16-17-18-19-20-23(2)21-22-24/h6-7,9-10,12-13,15-16,24H,3-5,8,11,14,17-22H2,1-2H3/b7-6-,10-9-,13-12-,16-15-. The summed E-state index contributed by atoms with van der Waals surface area (Å²) in [5.41, 5.74) is 0. The molecule has 0 atom stereocenters. The molecule has 0 fully saturated rings. The van der Waals surface area contributed by atoms with Crippen molar-refractivity contribution in [3.8, 4) is 0 Å². The smallest absolute Gasteiger partial charge is 0.0558 e. The molecule has 2 nitrogen and oxygen atoms in total. The van der Waals surface area contributed by atoms with Crippen molar-refractivity contribution in [1.82, 2.24) is 4.90 Å². The molecule has 138 valence electrons. The van der Waals surface area contributed by atoms with Gasteiger partial charge in [-0.2, -0.15) is 0 Å². The average Bonchev–Trinajstić information content (AvgIpc) is 2.58.